The average molecular weight is 366 g/mol. The largest absolute Gasteiger partial charge is 0.497 e. The van der Waals surface area contributed by atoms with Crippen LogP contribution in [-0.2, 0) is 11.2 Å². The third-order valence-corrected chi connectivity index (χ3v) is 5.27. The smallest absolute Gasteiger partial charge is 0.246 e. The number of hydrogen-bond acceptors (Lipinski definition) is 4. The number of amides is 1. The zero-order chi connectivity index (χ0) is 19.1. The van der Waals surface area contributed by atoms with Crippen molar-refractivity contribution in [1.29, 1.82) is 0 Å². The minimum Gasteiger partial charge on any atom is -0.497 e. The zero-order valence-corrected chi connectivity index (χ0v) is 15.7. The van der Waals surface area contributed by atoms with Gasteiger partial charge in [0.1, 0.15) is 5.75 Å². The molecule has 27 heavy (non-hydrogen) atoms. The van der Waals surface area contributed by atoms with E-state index in [0.29, 0.717) is 13.1 Å². The van der Waals surface area contributed by atoms with Gasteiger partial charge in [0.25, 0.3) is 0 Å². The molecule has 0 aliphatic carbocycles. The summed E-state index contributed by atoms with van der Waals surface area (Å²) in [4.78, 5) is 18.5. The summed E-state index contributed by atoms with van der Waals surface area (Å²) in [6.07, 6.45) is 7.38. The molecule has 0 saturated carbocycles. The fourth-order valence-electron chi connectivity index (χ4n) is 3.54. The van der Waals surface area contributed by atoms with E-state index in [0.717, 1.165) is 36.3 Å². The van der Waals surface area contributed by atoms with Gasteiger partial charge in [-0.1, -0.05) is 18.2 Å². The van der Waals surface area contributed by atoms with Gasteiger partial charge < -0.3 is 14.7 Å². The lowest BCUT2D eigenvalue weighted by atomic mass is 9.74. The number of carbonyl (C=O) groups is 1. The van der Waals surface area contributed by atoms with Crippen LogP contribution < -0.4 is 4.74 Å². The maximum Gasteiger partial charge on any atom is 0.246 e. The van der Waals surface area contributed by atoms with Crippen LogP contribution in [0, 0.1) is 5.41 Å². The number of hydrogen-bond donors (Lipinski definition) is 1. The van der Waals surface area contributed by atoms with Gasteiger partial charge in [-0.2, -0.15) is 0 Å². The topological polar surface area (TPSA) is 62.7 Å². The highest BCUT2D eigenvalue weighted by molar-refractivity contribution is 5.91. The zero-order valence-electron chi connectivity index (χ0n) is 15.7. The predicted molar refractivity (Wildman–Crippen MR) is 105 cm³/mol. The number of aliphatic hydroxyl groups is 1. The molecular formula is C22H26N2O3. The van der Waals surface area contributed by atoms with E-state index in [9.17, 15) is 9.90 Å². The molecule has 1 fully saturated rings. The van der Waals surface area contributed by atoms with Crippen molar-refractivity contribution in [3.8, 4) is 5.75 Å². The first-order chi connectivity index (χ1) is 13.1. The Labute approximate surface area is 160 Å². The molecular weight excluding hydrogens is 340 g/mol. The molecule has 1 N–H and O–H groups in total. The van der Waals surface area contributed by atoms with Crippen molar-refractivity contribution < 1.29 is 14.6 Å². The molecule has 0 radical (unpaired) electrons. The number of carbonyl (C=O) groups excluding carboxylic acids is 1. The molecule has 142 valence electrons. The Morgan fingerprint density at radius 2 is 2.07 bits per heavy atom. The quantitative estimate of drug-likeness (QED) is 0.799. The Bertz CT molecular complexity index is 781. The summed E-state index contributed by atoms with van der Waals surface area (Å²) in [5.74, 6) is 0.821. The van der Waals surface area contributed by atoms with Crippen molar-refractivity contribution in [2.75, 3.05) is 26.8 Å². The van der Waals surface area contributed by atoms with E-state index < -0.39 is 0 Å². The summed E-state index contributed by atoms with van der Waals surface area (Å²) in [6, 6.07) is 13.6. The second-order valence-electron chi connectivity index (χ2n) is 7.10. The van der Waals surface area contributed by atoms with Crippen LogP contribution in [0.25, 0.3) is 6.08 Å². The van der Waals surface area contributed by atoms with Gasteiger partial charge in [0, 0.05) is 37.4 Å². The van der Waals surface area contributed by atoms with Crippen molar-refractivity contribution in [1.82, 2.24) is 9.88 Å². The number of ether oxygens (including phenoxy) is 1. The first-order valence-corrected chi connectivity index (χ1v) is 9.26. The van der Waals surface area contributed by atoms with Gasteiger partial charge in [-0.3, -0.25) is 9.78 Å². The number of methoxy groups -OCH3 is 1. The molecule has 1 aliphatic heterocycles. The Balaban J connectivity index is 1.60. The summed E-state index contributed by atoms with van der Waals surface area (Å²) in [5.41, 5.74) is 1.73. The predicted octanol–water partition coefficient (Wildman–Crippen LogP) is 2.95. The molecule has 1 aliphatic rings. The van der Waals surface area contributed by atoms with Crippen LogP contribution in [0.3, 0.4) is 0 Å². The number of aliphatic hydroxyl groups excluding tert-OH is 1. The lowest BCUT2D eigenvalue weighted by Crippen LogP contribution is -2.45. The molecule has 1 aromatic heterocycles. The minimum absolute atomic E-state index is 0.00595. The Morgan fingerprint density at radius 1 is 1.26 bits per heavy atom. The van der Waals surface area contributed by atoms with Gasteiger partial charge in [-0.05, 0) is 55.2 Å². The summed E-state index contributed by atoms with van der Waals surface area (Å²) in [7, 11) is 1.66. The number of rotatable bonds is 6. The Kier molecular flexibility index (Phi) is 6.24. The van der Waals surface area contributed by atoms with Gasteiger partial charge in [-0.15, -0.1) is 0 Å². The first kappa shape index (κ1) is 19.1. The molecule has 3 rings (SSSR count). The molecule has 2 heterocycles. The monoisotopic (exact) mass is 366 g/mol. The van der Waals surface area contributed by atoms with Crippen LogP contribution in [0.1, 0.15) is 24.1 Å². The van der Waals surface area contributed by atoms with Crippen molar-refractivity contribution in [3.63, 3.8) is 0 Å². The fraction of sp³-hybridized carbons (Fsp3) is 0.364. The van der Waals surface area contributed by atoms with Crippen LogP contribution in [0.2, 0.25) is 0 Å². The minimum atomic E-state index is -0.187. The summed E-state index contributed by atoms with van der Waals surface area (Å²) in [6.45, 7) is 1.42. The number of pyridine rings is 1. The van der Waals surface area contributed by atoms with Crippen molar-refractivity contribution in [2.45, 2.75) is 19.3 Å². The third kappa shape index (κ3) is 4.95. The highest BCUT2D eigenvalue weighted by Crippen LogP contribution is 2.35. The van der Waals surface area contributed by atoms with Crippen LogP contribution in [-0.4, -0.2) is 47.7 Å². The fourth-order valence-corrected chi connectivity index (χ4v) is 3.54. The van der Waals surface area contributed by atoms with Crippen molar-refractivity contribution in [2.24, 2.45) is 5.41 Å². The van der Waals surface area contributed by atoms with Crippen molar-refractivity contribution in [3.05, 3.63) is 66.0 Å². The molecule has 5 heteroatoms. The van der Waals surface area contributed by atoms with Crippen LogP contribution in [0.15, 0.2) is 54.7 Å². The van der Waals surface area contributed by atoms with Gasteiger partial charge in [0.05, 0.1) is 12.8 Å². The molecule has 0 atom stereocenters. The van der Waals surface area contributed by atoms with E-state index in [1.165, 1.54) is 0 Å². The molecule has 1 saturated heterocycles. The van der Waals surface area contributed by atoms with E-state index in [4.69, 9.17) is 4.74 Å². The average Bonchev–Trinajstić information content (AvgIpc) is 2.73. The SMILES string of the molecule is COc1cccc(CC2(CO)CCN(C(=O)C=Cc3ccccn3)CC2)c1. The van der Waals surface area contributed by atoms with E-state index in [1.807, 2.05) is 41.3 Å². The number of nitrogens with zero attached hydrogens (tertiary/aromatic N) is 2. The van der Waals surface area contributed by atoms with E-state index in [1.54, 1.807) is 25.5 Å². The number of benzene rings is 1. The summed E-state index contributed by atoms with van der Waals surface area (Å²) >= 11 is 0. The lowest BCUT2D eigenvalue weighted by molar-refractivity contribution is -0.128. The lowest BCUT2D eigenvalue weighted by Gasteiger charge is -2.40. The Morgan fingerprint density at radius 3 is 2.74 bits per heavy atom. The number of piperidine rings is 1. The highest BCUT2D eigenvalue weighted by Gasteiger charge is 2.35. The molecule has 0 spiro atoms. The summed E-state index contributed by atoms with van der Waals surface area (Å²) in [5, 5.41) is 10.0. The molecule has 1 aromatic carbocycles. The standard InChI is InChI=1S/C22H26N2O3/c1-27-20-7-4-5-18(15-20)16-22(17-25)10-13-24(14-11-22)21(26)9-8-19-6-2-3-12-23-19/h2-9,12,15,25H,10-11,13-14,16-17H2,1H3. The maximum atomic E-state index is 12.4. The second kappa shape index (κ2) is 8.82. The second-order valence-corrected chi connectivity index (χ2v) is 7.10. The molecule has 0 bridgehead atoms. The maximum absolute atomic E-state index is 12.4. The van der Waals surface area contributed by atoms with Crippen LogP contribution in [0.4, 0.5) is 0 Å². The highest BCUT2D eigenvalue weighted by atomic mass is 16.5. The third-order valence-electron chi connectivity index (χ3n) is 5.27. The molecule has 0 unspecified atom stereocenters. The molecule has 2 aromatic rings. The van der Waals surface area contributed by atoms with Gasteiger partial charge in [0.15, 0.2) is 0 Å². The van der Waals surface area contributed by atoms with E-state index >= 15 is 0 Å². The van der Waals surface area contributed by atoms with Crippen molar-refractivity contribution >= 4 is 12.0 Å². The van der Waals surface area contributed by atoms with E-state index in [-0.39, 0.29) is 17.9 Å². The van der Waals surface area contributed by atoms with Gasteiger partial charge >= 0.3 is 0 Å². The molecule has 5 nitrogen and oxygen atoms in total. The normalized spacial score (nSPS) is 16.4. The van der Waals surface area contributed by atoms with Gasteiger partial charge in [-0.25, -0.2) is 0 Å². The summed E-state index contributed by atoms with van der Waals surface area (Å²) < 4.78 is 5.29. The van der Waals surface area contributed by atoms with Gasteiger partial charge in [0.2, 0.25) is 5.91 Å². The van der Waals surface area contributed by atoms with Crippen LogP contribution in [0.5, 0.6) is 5.75 Å². The number of aromatic nitrogens is 1. The first-order valence-electron chi connectivity index (χ1n) is 9.26. The van der Waals surface area contributed by atoms with E-state index in [2.05, 4.69) is 11.1 Å². The van der Waals surface area contributed by atoms with Crippen LogP contribution >= 0.6 is 0 Å². The molecule has 1 amide bonds. The number of likely N-dealkylation sites (tertiary alicyclic amines) is 1. The Hall–Kier alpha value is -2.66.